The summed E-state index contributed by atoms with van der Waals surface area (Å²) in [5, 5.41) is 18.9. The third kappa shape index (κ3) is 4.89. The third-order valence-electron chi connectivity index (χ3n) is 3.64. The highest BCUT2D eigenvalue weighted by Crippen LogP contribution is 2.38. The Morgan fingerprint density at radius 1 is 1.21 bits per heavy atom. The second-order valence-corrected chi connectivity index (χ2v) is 6.83. The quantitative estimate of drug-likeness (QED) is 0.604. The number of carbonyl (C=O) groups excluding carboxylic acids is 1. The largest absolute Gasteiger partial charge is 0.508 e. The van der Waals surface area contributed by atoms with Gasteiger partial charge in [0, 0.05) is 6.42 Å². The lowest BCUT2D eigenvalue weighted by Crippen LogP contribution is -2.24. The predicted octanol–water partition coefficient (Wildman–Crippen LogP) is 2.62. The van der Waals surface area contributed by atoms with Crippen molar-refractivity contribution in [2.45, 2.75) is 19.3 Å². The summed E-state index contributed by atoms with van der Waals surface area (Å²) in [6.45, 7) is 1.83. The highest BCUT2D eigenvalue weighted by atomic mass is 31.2. The van der Waals surface area contributed by atoms with Crippen LogP contribution >= 0.6 is 7.75 Å². The minimum absolute atomic E-state index is 0.0796. The van der Waals surface area contributed by atoms with Crippen LogP contribution in [0.25, 0.3) is 0 Å². The Balaban J connectivity index is 2.19. The molecule has 0 spiro atoms. The lowest BCUT2D eigenvalue weighted by Gasteiger charge is -2.19. The van der Waals surface area contributed by atoms with Gasteiger partial charge in [0.25, 0.3) is 0 Å². The molecule has 0 amide bonds. The molecule has 8 heteroatoms. The third-order valence-corrected chi connectivity index (χ3v) is 4.13. The molecule has 0 heterocycles. The van der Waals surface area contributed by atoms with Crippen molar-refractivity contribution in [2.24, 2.45) is 10.7 Å². The molecule has 128 valence electrons. The summed E-state index contributed by atoms with van der Waals surface area (Å²) in [5.41, 5.74) is 0.762. The average molecular weight is 351 g/mol. The van der Waals surface area contributed by atoms with Gasteiger partial charge in [0.2, 0.25) is 0 Å². The highest BCUT2D eigenvalue weighted by molar-refractivity contribution is 7.50. The molecule has 0 radical (unpaired) electrons. The molecule has 0 aromatic heterocycles. The zero-order valence-corrected chi connectivity index (χ0v) is 13.8. The van der Waals surface area contributed by atoms with Crippen LogP contribution in [0.1, 0.15) is 24.8 Å². The van der Waals surface area contributed by atoms with Gasteiger partial charge in [0.15, 0.2) is 0 Å². The maximum absolute atomic E-state index is 12.5. The van der Waals surface area contributed by atoms with Crippen molar-refractivity contribution in [1.29, 1.82) is 0 Å². The van der Waals surface area contributed by atoms with Crippen molar-refractivity contribution in [3.05, 3.63) is 53.8 Å². The van der Waals surface area contributed by atoms with E-state index in [1.165, 1.54) is 30.4 Å². The van der Waals surface area contributed by atoms with Crippen molar-refractivity contribution in [1.82, 2.24) is 0 Å². The van der Waals surface area contributed by atoms with Gasteiger partial charge in [0.05, 0.1) is 11.6 Å². The Morgan fingerprint density at radius 3 is 2.42 bits per heavy atom. The van der Waals surface area contributed by atoms with Crippen LogP contribution in [-0.2, 0) is 9.36 Å². The van der Waals surface area contributed by atoms with Gasteiger partial charge in [-0.1, -0.05) is 19.1 Å². The van der Waals surface area contributed by atoms with Gasteiger partial charge < -0.3 is 20.0 Å². The first-order valence-corrected chi connectivity index (χ1v) is 8.78. The maximum Gasteiger partial charge on any atom is 0.448 e. The minimum Gasteiger partial charge on any atom is -0.508 e. The molecule has 0 bridgehead atoms. The summed E-state index contributed by atoms with van der Waals surface area (Å²) in [7, 11) is -4.68. The monoisotopic (exact) mass is 351 g/mol. The number of aliphatic hydroxyl groups is 1. The van der Waals surface area contributed by atoms with Gasteiger partial charge >= 0.3 is 7.75 Å². The number of nitrogens with zero attached hydrogens (tertiary/aromatic N) is 1. The first-order chi connectivity index (χ1) is 11.2. The Morgan fingerprint density at radius 2 is 1.83 bits per heavy atom. The second kappa shape index (κ2) is 7.13. The first-order valence-electron chi connectivity index (χ1n) is 7.22. The molecular weight excluding hydrogens is 333 g/mol. The van der Waals surface area contributed by atoms with Gasteiger partial charge in [-0.3, -0.25) is 4.79 Å². The number of Topliss-reactive ketones (excluding diaryl/α,β-unsaturated/α-hetero) is 1. The number of rotatable bonds is 5. The number of phenolic OH excluding ortho intramolecular Hbond substituents is 1. The number of ketones is 1. The van der Waals surface area contributed by atoms with Crippen LogP contribution in [0, 0.1) is 5.92 Å². The van der Waals surface area contributed by atoms with E-state index >= 15 is 0 Å². The van der Waals surface area contributed by atoms with Gasteiger partial charge in [0.1, 0.15) is 17.3 Å². The number of carbonyl (C=O) groups is 1. The van der Waals surface area contributed by atoms with E-state index in [0.717, 1.165) is 5.56 Å². The predicted molar refractivity (Wildman–Crippen MR) is 89.0 cm³/mol. The standard InChI is InChI=1S/C16H18NO6P/c1-10(11-2-4-12(18)5-3-11)8-16(20)14-9-13(19)6-7-15(14)17-24(21,22)23/h2-7,9-10,14,18-19H,8H2,1H3,(H2,21,22,23)/b17-15+. The Bertz CT molecular complexity index is 759. The normalized spacial score (nSPS) is 20.7. The molecule has 2 unspecified atom stereocenters. The van der Waals surface area contributed by atoms with E-state index in [-0.39, 0.29) is 35.3 Å². The minimum atomic E-state index is -4.68. The van der Waals surface area contributed by atoms with Crippen LogP contribution in [0.4, 0.5) is 0 Å². The van der Waals surface area contributed by atoms with Gasteiger partial charge in [-0.15, -0.1) is 0 Å². The fraction of sp³-hybridized carbons (Fsp3) is 0.250. The van der Waals surface area contributed by atoms with Crippen LogP contribution in [0.3, 0.4) is 0 Å². The molecule has 2 rings (SSSR count). The summed E-state index contributed by atoms with van der Waals surface area (Å²) in [5.74, 6) is -1.54. The van der Waals surface area contributed by atoms with E-state index in [2.05, 4.69) is 4.76 Å². The molecule has 1 aliphatic carbocycles. The van der Waals surface area contributed by atoms with Gasteiger partial charge in [-0.2, -0.15) is 4.76 Å². The number of phenols is 1. The molecule has 7 nitrogen and oxygen atoms in total. The zero-order valence-electron chi connectivity index (χ0n) is 12.9. The van der Waals surface area contributed by atoms with Crippen molar-refractivity contribution in [3.8, 4) is 5.75 Å². The number of hydrogen-bond donors (Lipinski definition) is 4. The molecule has 0 fully saturated rings. The lowest BCUT2D eigenvalue weighted by molar-refractivity contribution is -0.120. The fourth-order valence-electron chi connectivity index (χ4n) is 2.44. The van der Waals surface area contributed by atoms with E-state index in [1.54, 1.807) is 12.1 Å². The SMILES string of the molecule is CC(CC(=O)C1C=C(O)C=C/C1=N\P(=O)(O)O)c1ccc(O)cc1. The molecule has 0 saturated carbocycles. The van der Waals surface area contributed by atoms with E-state index in [1.807, 2.05) is 6.92 Å². The lowest BCUT2D eigenvalue weighted by atomic mass is 9.86. The van der Waals surface area contributed by atoms with Crippen LogP contribution in [0.5, 0.6) is 5.75 Å². The fourth-order valence-corrected chi connectivity index (χ4v) is 2.93. The summed E-state index contributed by atoms with van der Waals surface area (Å²) >= 11 is 0. The first kappa shape index (κ1) is 18.1. The molecular formula is C16H18NO6P. The molecule has 1 aliphatic rings. The molecule has 0 saturated heterocycles. The number of benzene rings is 1. The van der Waals surface area contributed by atoms with Gasteiger partial charge in [-0.25, -0.2) is 4.57 Å². The maximum atomic E-state index is 12.5. The summed E-state index contributed by atoms with van der Waals surface area (Å²) in [6.07, 6.45) is 3.76. The summed E-state index contributed by atoms with van der Waals surface area (Å²) in [6, 6.07) is 6.44. The topological polar surface area (TPSA) is 127 Å². The van der Waals surface area contributed by atoms with Crippen molar-refractivity contribution in [2.75, 3.05) is 0 Å². The van der Waals surface area contributed by atoms with Crippen molar-refractivity contribution in [3.63, 3.8) is 0 Å². The molecule has 1 aromatic carbocycles. The van der Waals surface area contributed by atoms with E-state index in [4.69, 9.17) is 9.79 Å². The molecule has 2 atom stereocenters. The van der Waals surface area contributed by atoms with Crippen LogP contribution in [0.2, 0.25) is 0 Å². The Labute approximate surface area is 138 Å². The van der Waals surface area contributed by atoms with Crippen molar-refractivity contribution >= 4 is 19.2 Å². The van der Waals surface area contributed by atoms with E-state index in [9.17, 15) is 19.6 Å². The van der Waals surface area contributed by atoms with E-state index in [0.29, 0.717) is 0 Å². The molecule has 4 N–H and O–H groups in total. The summed E-state index contributed by atoms with van der Waals surface area (Å²) < 4.78 is 14.4. The van der Waals surface area contributed by atoms with Crippen LogP contribution < -0.4 is 0 Å². The zero-order chi connectivity index (χ0) is 17.9. The number of aliphatic hydroxyl groups excluding tert-OH is 1. The molecule has 1 aromatic rings. The summed E-state index contributed by atoms with van der Waals surface area (Å²) in [4.78, 5) is 30.5. The van der Waals surface area contributed by atoms with Crippen molar-refractivity contribution < 1.29 is 29.4 Å². The average Bonchev–Trinajstić information content (AvgIpc) is 2.48. The molecule has 0 aliphatic heterocycles. The number of aromatic hydroxyl groups is 1. The number of allylic oxidation sites excluding steroid dienone is 3. The number of hydrogen-bond acceptors (Lipinski definition) is 4. The Hall–Kier alpha value is -2.21. The second-order valence-electron chi connectivity index (χ2n) is 5.60. The Kier molecular flexibility index (Phi) is 5.39. The molecule has 24 heavy (non-hydrogen) atoms. The van der Waals surface area contributed by atoms with Crippen LogP contribution in [0.15, 0.2) is 53.0 Å². The smallest absolute Gasteiger partial charge is 0.448 e. The van der Waals surface area contributed by atoms with Gasteiger partial charge in [-0.05, 0) is 41.8 Å². The van der Waals surface area contributed by atoms with E-state index < -0.39 is 13.7 Å². The van der Waals surface area contributed by atoms with Crippen LogP contribution in [-0.4, -0.2) is 31.5 Å². The highest BCUT2D eigenvalue weighted by Gasteiger charge is 2.27.